The average molecular weight is 298 g/mol. The molecule has 0 radical (unpaired) electrons. The molecular weight excluding hydrogens is 294 g/mol. The Kier molecular flexibility index (Phi) is 18.4. The maximum absolute atomic E-state index is 9.44. The van der Waals surface area contributed by atoms with Gasteiger partial charge >= 0.3 is 59.1 Å². The van der Waals surface area contributed by atoms with Crippen molar-refractivity contribution < 1.29 is 93.8 Å². The van der Waals surface area contributed by atoms with Gasteiger partial charge in [-0.2, -0.15) is 8.42 Å². The van der Waals surface area contributed by atoms with E-state index in [9.17, 15) is 8.42 Å². The van der Waals surface area contributed by atoms with Gasteiger partial charge in [0.1, 0.15) is 0 Å². The number of hydrogen-bond acceptors (Lipinski definition) is 7. The third-order valence-electron chi connectivity index (χ3n) is 0.377. The Morgan fingerprint density at radius 3 is 1.33 bits per heavy atom. The first-order valence-corrected chi connectivity index (χ1v) is 6.66. The fourth-order valence-electron chi connectivity index (χ4n) is 0. The molecule has 0 amide bonds. The monoisotopic (exact) mass is 298 g/mol. The minimum atomic E-state index is -5.07. The van der Waals surface area contributed by atoms with Crippen LogP contribution in [0.1, 0.15) is 0 Å². The molecule has 8 nitrogen and oxygen atoms in total. The summed E-state index contributed by atoms with van der Waals surface area (Å²) in [5.74, 6) is 0. The minimum Gasteiger partial charge on any atom is -0.761 e. The SMILES string of the molecule is C=CS(=O)(=O)O.O=S([O-])S(=O)(=O)[O-].[Na+].[Na+]. The molecule has 0 fully saturated rings. The van der Waals surface area contributed by atoms with Crippen LogP contribution < -0.4 is 59.1 Å². The normalized spacial score (nSPS) is 11.9. The van der Waals surface area contributed by atoms with Gasteiger partial charge in [-0.25, -0.2) is 8.42 Å². The second-order valence-corrected chi connectivity index (χ2v) is 5.92. The van der Waals surface area contributed by atoms with Crippen molar-refractivity contribution in [1.29, 1.82) is 0 Å². The van der Waals surface area contributed by atoms with Crippen LogP contribution in [0, 0.1) is 0 Å². The van der Waals surface area contributed by atoms with Crippen LogP contribution in [0.15, 0.2) is 12.0 Å². The Morgan fingerprint density at radius 2 is 1.33 bits per heavy atom. The Bertz CT molecular complexity index is 369. The van der Waals surface area contributed by atoms with Crippen molar-refractivity contribution in [3.8, 4) is 0 Å². The molecule has 0 aromatic carbocycles. The predicted molar refractivity (Wildman–Crippen MR) is 40.4 cm³/mol. The van der Waals surface area contributed by atoms with E-state index < -0.39 is 29.4 Å². The van der Waals surface area contributed by atoms with E-state index in [1.165, 1.54) is 0 Å². The summed E-state index contributed by atoms with van der Waals surface area (Å²) >= 11 is 0. The molecule has 15 heavy (non-hydrogen) atoms. The smallest absolute Gasteiger partial charge is 0.761 e. The molecule has 0 aliphatic heterocycles. The van der Waals surface area contributed by atoms with Crippen LogP contribution in [0.5, 0.6) is 0 Å². The van der Waals surface area contributed by atoms with E-state index in [4.69, 9.17) is 26.3 Å². The van der Waals surface area contributed by atoms with E-state index in [1.807, 2.05) is 0 Å². The van der Waals surface area contributed by atoms with Crippen molar-refractivity contribution in [1.82, 2.24) is 0 Å². The zero-order chi connectivity index (χ0) is 11.3. The topological polar surface area (TPSA) is 152 Å². The van der Waals surface area contributed by atoms with Gasteiger partial charge in [0.05, 0.1) is 15.5 Å². The van der Waals surface area contributed by atoms with Gasteiger partial charge in [0, 0.05) is 0 Å². The summed E-state index contributed by atoms with van der Waals surface area (Å²) in [7, 11) is -12.5. The van der Waals surface area contributed by atoms with E-state index in [0.717, 1.165) is 0 Å². The molecule has 0 aliphatic carbocycles. The Morgan fingerprint density at radius 1 is 1.20 bits per heavy atom. The summed E-state index contributed by atoms with van der Waals surface area (Å²) in [5, 5.41) is 0.465. The Hall–Kier alpha value is 1.67. The van der Waals surface area contributed by atoms with Crippen LogP contribution in [0.2, 0.25) is 0 Å². The summed E-state index contributed by atoms with van der Waals surface area (Å²) in [5.41, 5.74) is 0. The molecule has 0 aliphatic rings. The van der Waals surface area contributed by atoms with Gasteiger partial charge in [0.2, 0.25) is 0 Å². The second kappa shape index (κ2) is 10.8. The summed E-state index contributed by atoms with van der Waals surface area (Å²) in [6.07, 6.45) is 0. The molecule has 0 rings (SSSR count). The van der Waals surface area contributed by atoms with E-state index in [-0.39, 0.29) is 59.1 Å². The van der Waals surface area contributed by atoms with Crippen molar-refractivity contribution in [2.24, 2.45) is 0 Å². The number of rotatable bonds is 2. The molecule has 1 unspecified atom stereocenters. The molecule has 80 valence electrons. The Labute approximate surface area is 133 Å². The van der Waals surface area contributed by atoms with Gasteiger partial charge < -0.3 is 9.11 Å². The first-order valence-electron chi connectivity index (χ1n) is 2.16. The zero-order valence-electron chi connectivity index (χ0n) is 7.81. The van der Waals surface area contributed by atoms with E-state index in [2.05, 4.69) is 6.58 Å². The van der Waals surface area contributed by atoms with Gasteiger partial charge in [0.15, 0.2) is 9.15 Å². The van der Waals surface area contributed by atoms with Crippen LogP contribution in [0.4, 0.5) is 0 Å². The fraction of sp³-hybridized carbons (Fsp3) is 0. The van der Waals surface area contributed by atoms with Crippen LogP contribution >= 0.6 is 0 Å². The first kappa shape index (κ1) is 25.5. The van der Waals surface area contributed by atoms with Crippen molar-refractivity contribution >= 4 is 29.4 Å². The first-order chi connectivity index (χ1) is 5.50. The van der Waals surface area contributed by atoms with Crippen molar-refractivity contribution in [3.05, 3.63) is 12.0 Å². The molecule has 1 N–H and O–H groups in total. The van der Waals surface area contributed by atoms with Gasteiger partial charge in [-0.3, -0.25) is 8.76 Å². The maximum Gasteiger partial charge on any atom is 1.00 e. The average Bonchev–Trinajstić information content (AvgIpc) is 1.85. The molecule has 1 atom stereocenters. The van der Waals surface area contributed by atoms with E-state index in [0.29, 0.717) is 5.41 Å². The van der Waals surface area contributed by atoms with Gasteiger partial charge in [-0.05, 0) is 0 Å². The van der Waals surface area contributed by atoms with Crippen LogP contribution in [0.25, 0.3) is 0 Å². The standard InChI is InChI=1S/C2H4O3S.2Na.H2O5S2/c1-2-6(3,4)5;;;1-6(2)7(3,4)5/h2H,1H2,(H,3,4,5);;;(H,1,2)(H,3,4,5)/q;2*+1;/p-2. The molecule has 0 bridgehead atoms. The summed E-state index contributed by atoms with van der Waals surface area (Å²) < 4.78 is 72.3. The maximum atomic E-state index is 9.44. The fourth-order valence-corrected chi connectivity index (χ4v) is 0. The predicted octanol–water partition coefficient (Wildman–Crippen LogP) is -7.65. The van der Waals surface area contributed by atoms with E-state index >= 15 is 0 Å². The quantitative estimate of drug-likeness (QED) is 0.228. The van der Waals surface area contributed by atoms with Crippen molar-refractivity contribution in [2.45, 2.75) is 0 Å². The van der Waals surface area contributed by atoms with E-state index in [1.54, 1.807) is 0 Å². The van der Waals surface area contributed by atoms with Gasteiger partial charge in [-0.15, -0.1) is 0 Å². The zero-order valence-corrected chi connectivity index (χ0v) is 14.3. The number of hydrogen-bond donors (Lipinski definition) is 1. The van der Waals surface area contributed by atoms with Crippen molar-refractivity contribution in [2.75, 3.05) is 0 Å². The van der Waals surface area contributed by atoms with Crippen LogP contribution in [-0.2, 0) is 29.4 Å². The van der Waals surface area contributed by atoms with Crippen LogP contribution in [0.3, 0.4) is 0 Å². The molecule has 0 saturated carbocycles. The molecule has 13 heteroatoms. The molecule has 0 aromatic heterocycles. The largest absolute Gasteiger partial charge is 1.00 e. The molecule has 0 aromatic rings. The summed E-state index contributed by atoms with van der Waals surface area (Å²) in [6, 6.07) is 0. The Balaban J connectivity index is -0.0000000718. The second-order valence-electron chi connectivity index (χ2n) is 1.29. The molecule has 0 spiro atoms. The summed E-state index contributed by atoms with van der Waals surface area (Å²) in [6.45, 7) is 2.79. The van der Waals surface area contributed by atoms with Gasteiger partial charge in [0.25, 0.3) is 10.1 Å². The van der Waals surface area contributed by atoms with Crippen LogP contribution in [-0.4, -0.2) is 34.7 Å². The van der Waals surface area contributed by atoms with Gasteiger partial charge in [-0.1, -0.05) is 6.58 Å². The molecule has 0 saturated heterocycles. The molecule has 0 heterocycles. The summed E-state index contributed by atoms with van der Waals surface area (Å²) in [4.78, 5) is 0. The third kappa shape index (κ3) is 25.7. The third-order valence-corrected chi connectivity index (χ3v) is 2.13. The minimum absolute atomic E-state index is 0. The molecular formula is C2H4Na2O8S3. The van der Waals surface area contributed by atoms with Crippen molar-refractivity contribution in [3.63, 3.8) is 0 Å².